The summed E-state index contributed by atoms with van der Waals surface area (Å²) < 4.78 is 0. The molecule has 2 heterocycles. The monoisotopic (exact) mass is 391 g/mol. The number of nitrogens with one attached hydrogen (secondary N) is 3. The molecule has 2 aromatic heterocycles. The van der Waals surface area contributed by atoms with E-state index < -0.39 is 0 Å². The molecule has 29 heavy (non-hydrogen) atoms. The van der Waals surface area contributed by atoms with E-state index in [9.17, 15) is 0 Å². The molecule has 3 rings (SSSR count). The van der Waals surface area contributed by atoms with E-state index in [2.05, 4.69) is 47.6 Å². The predicted molar refractivity (Wildman–Crippen MR) is 119 cm³/mol. The molecule has 0 saturated heterocycles. The van der Waals surface area contributed by atoms with Gasteiger partial charge in [-0.1, -0.05) is 36.4 Å². The first-order valence-corrected chi connectivity index (χ1v) is 9.92. The van der Waals surface area contributed by atoms with Crippen molar-refractivity contribution in [2.75, 3.05) is 32.5 Å². The lowest BCUT2D eigenvalue weighted by atomic mass is 10.2. The second-order valence-electron chi connectivity index (χ2n) is 6.79. The highest BCUT2D eigenvalue weighted by Crippen LogP contribution is 2.16. The summed E-state index contributed by atoms with van der Waals surface area (Å²) >= 11 is 0. The number of unbranched alkanes of at least 4 members (excludes halogenated alkanes) is 1. The van der Waals surface area contributed by atoms with Crippen LogP contribution in [0.15, 0.2) is 65.9 Å². The van der Waals surface area contributed by atoms with Crippen LogP contribution >= 0.6 is 0 Å². The first-order chi connectivity index (χ1) is 14.3. The van der Waals surface area contributed by atoms with E-state index in [1.807, 2.05) is 49.6 Å². The Bertz CT molecular complexity index is 874. The van der Waals surface area contributed by atoms with E-state index in [1.54, 1.807) is 13.2 Å². The third kappa shape index (κ3) is 6.34. The molecule has 0 aliphatic carbocycles. The van der Waals surface area contributed by atoms with E-state index in [1.165, 1.54) is 0 Å². The largest absolute Gasteiger partial charge is 0.370 e. The fourth-order valence-electron chi connectivity index (χ4n) is 3.03. The van der Waals surface area contributed by atoms with E-state index in [0.717, 1.165) is 54.8 Å². The molecule has 0 fully saturated rings. The molecule has 0 aliphatic heterocycles. The predicted octanol–water partition coefficient (Wildman–Crippen LogP) is 3.37. The summed E-state index contributed by atoms with van der Waals surface area (Å²) in [4.78, 5) is 18.6. The van der Waals surface area contributed by atoms with Gasteiger partial charge < -0.3 is 20.5 Å². The van der Waals surface area contributed by atoms with Gasteiger partial charge in [-0.3, -0.25) is 4.99 Å². The smallest absolute Gasteiger partial charge is 0.193 e. The van der Waals surface area contributed by atoms with Crippen molar-refractivity contribution in [3.63, 3.8) is 0 Å². The fourth-order valence-corrected chi connectivity index (χ4v) is 3.03. The van der Waals surface area contributed by atoms with Crippen molar-refractivity contribution in [3.05, 3.63) is 66.7 Å². The van der Waals surface area contributed by atoms with Crippen molar-refractivity contribution in [1.29, 1.82) is 0 Å². The molecule has 0 saturated carbocycles. The molecule has 0 spiro atoms. The van der Waals surface area contributed by atoms with Gasteiger partial charge in [-0.2, -0.15) is 0 Å². The summed E-state index contributed by atoms with van der Waals surface area (Å²) in [7, 11) is 3.82. The number of guanidine groups is 1. The van der Waals surface area contributed by atoms with Gasteiger partial charge in [0, 0.05) is 33.4 Å². The lowest BCUT2D eigenvalue weighted by molar-refractivity contribution is 0.463. The second kappa shape index (κ2) is 10.8. The number of hydrogen-bond acceptors (Lipinski definition) is 4. The van der Waals surface area contributed by atoms with Crippen LogP contribution in [0.5, 0.6) is 0 Å². The van der Waals surface area contributed by atoms with Gasteiger partial charge in [0.05, 0.1) is 18.4 Å². The maximum atomic E-state index is 4.50. The molecule has 0 amide bonds. The van der Waals surface area contributed by atoms with E-state index in [-0.39, 0.29) is 0 Å². The van der Waals surface area contributed by atoms with Crippen LogP contribution in [0, 0.1) is 0 Å². The summed E-state index contributed by atoms with van der Waals surface area (Å²) in [6.07, 6.45) is 5.78. The van der Waals surface area contributed by atoms with Crippen LogP contribution in [0.3, 0.4) is 0 Å². The summed E-state index contributed by atoms with van der Waals surface area (Å²) in [5, 5.41) is 6.74. The Kier molecular flexibility index (Phi) is 7.63. The molecular weight excluding hydrogens is 362 g/mol. The van der Waals surface area contributed by atoms with Gasteiger partial charge in [0.2, 0.25) is 0 Å². The number of nitrogens with zero attached hydrogens (tertiary/aromatic N) is 4. The van der Waals surface area contributed by atoms with E-state index in [0.29, 0.717) is 6.54 Å². The molecule has 7 nitrogen and oxygen atoms in total. The van der Waals surface area contributed by atoms with Crippen LogP contribution in [0.25, 0.3) is 11.3 Å². The fraction of sp³-hybridized carbons (Fsp3) is 0.318. The lowest BCUT2D eigenvalue weighted by Crippen LogP contribution is -2.39. The van der Waals surface area contributed by atoms with Crippen LogP contribution in [0.2, 0.25) is 0 Å². The highest BCUT2D eigenvalue weighted by molar-refractivity contribution is 5.79. The molecule has 0 aliphatic rings. The third-order valence-electron chi connectivity index (χ3n) is 4.53. The molecule has 3 N–H and O–H groups in total. The SMILES string of the molecule is CN=C(NCCCCNc1ccccn1)N(C)Cc1ncc(-c2ccccc2)[nH]1. The van der Waals surface area contributed by atoms with Crippen molar-refractivity contribution < 1.29 is 0 Å². The molecule has 7 heteroatoms. The summed E-state index contributed by atoms with van der Waals surface area (Å²) in [5.41, 5.74) is 2.16. The van der Waals surface area contributed by atoms with E-state index >= 15 is 0 Å². The van der Waals surface area contributed by atoms with Crippen LogP contribution in [-0.4, -0.2) is 53.0 Å². The van der Waals surface area contributed by atoms with Gasteiger partial charge in [-0.25, -0.2) is 9.97 Å². The number of aliphatic imine (C=N–C) groups is 1. The number of anilines is 1. The maximum Gasteiger partial charge on any atom is 0.193 e. The average Bonchev–Trinajstić information content (AvgIpc) is 3.23. The van der Waals surface area contributed by atoms with Gasteiger partial charge in [0.15, 0.2) is 5.96 Å². The van der Waals surface area contributed by atoms with Crippen molar-refractivity contribution in [2.24, 2.45) is 4.99 Å². The molecule has 0 bridgehead atoms. The van der Waals surface area contributed by atoms with Crippen molar-refractivity contribution in [2.45, 2.75) is 19.4 Å². The molecule has 0 radical (unpaired) electrons. The number of hydrogen-bond donors (Lipinski definition) is 3. The summed E-state index contributed by atoms with van der Waals surface area (Å²) in [6, 6.07) is 16.1. The van der Waals surface area contributed by atoms with Gasteiger partial charge in [-0.05, 0) is 30.5 Å². The Morgan fingerprint density at radius 1 is 1.03 bits per heavy atom. The Morgan fingerprint density at radius 3 is 2.59 bits per heavy atom. The number of rotatable bonds is 9. The number of imidazole rings is 1. The van der Waals surface area contributed by atoms with E-state index in [4.69, 9.17) is 0 Å². The van der Waals surface area contributed by atoms with Crippen molar-refractivity contribution in [3.8, 4) is 11.3 Å². The Balaban J connectivity index is 1.39. The van der Waals surface area contributed by atoms with Gasteiger partial charge in [-0.15, -0.1) is 0 Å². The summed E-state index contributed by atoms with van der Waals surface area (Å²) in [5.74, 6) is 2.69. The lowest BCUT2D eigenvalue weighted by Gasteiger charge is -2.21. The zero-order valence-electron chi connectivity index (χ0n) is 17.1. The Morgan fingerprint density at radius 2 is 1.83 bits per heavy atom. The van der Waals surface area contributed by atoms with Crippen molar-refractivity contribution in [1.82, 2.24) is 25.2 Å². The Labute approximate surface area is 172 Å². The minimum absolute atomic E-state index is 0.660. The van der Waals surface area contributed by atoms with Crippen LogP contribution in [0.1, 0.15) is 18.7 Å². The first kappa shape index (κ1) is 20.4. The molecule has 0 unspecified atom stereocenters. The highest BCUT2D eigenvalue weighted by atomic mass is 15.3. The molecule has 152 valence electrons. The normalized spacial score (nSPS) is 11.3. The summed E-state index contributed by atoms with van der Waals surface area (Å²) in [6.45, 7) is 2.43. The van der Waals surface area contributed by atoms with Crippen molar-refractivity contribution >= 4 is 11.8 Å². The standard InChI is InChI=1S/C22H29N7/c1-23-22(26-15-9-8-14-25-20-12-6-7-13-24-20)29(2)17-21-27-16-19(28-21)18-10-4-3-5-11-18/h3-7,10-13,16H,8-9,14-15,17H2,1-2H3,(H,23,26)(H,24,25)(H,27,28). The van der Waals surface area contributed by atoms with Crippen LogP contribution in [0.4, 0.5) is 5.82 Å². The Hall–Kier alpha value is -3.35. The molecule has 3 aromatic rings. The van der Waals surface area contributed by atoms with Gasteiger partial charge in [0.1, 0.15) is 11.6 Å². The molecule has 0 atom stereocenters. The third-order valence-corrected chi connectivity index (χ3v) is 4.53. The average molecular weight is 392 g/mol. The first-order valence-electron chi connectivity index (χ1n) is 9.92. The number of pyridine rings is 1. The second-order valence-corrected chi connectivity index (χ2v) is 6.79. The zero-order valence-corrected chi connectivity index (χ0v) is 17.1. The topological polar surface area (TPSA) is 81.2 Å². The quantitative estimate of drug-likeness (QED) is 0.296. The maximum absolute atomic E-state index is 4.50. The van der Waals surface area contributed by atoms with Gasteiger partial charge in [0.25, 0.3) is 0 Å². The number of H-pyrrole nitrogens is 1. The minimum atomic E-state index is 0.660. The number of benzene rings is 1. The van der Waals surface area contributed by atoms with Crippen LogP contribution in [-0.2, 0) is 6.54 Å². The highest BCUT2D eigenvalue weighted by Gasteiger charge is 2.09. The molecular formula is C22H29N7. The number of aromatic amines is 1. The molecule has 1 aromatic carbocycles. The van der Waals surface area contributed by atoms with Crippen LogP contribution < -0.4 is 10.6 Å². The minimum Gasteiger partial charge on any atom is -0.370 e. The number of aromatic nitrogens is 3. The zero-order chi connectivity index (χ0) is 20.3. The van der Waals surface area contributed by atoms with Gasteiger partial charge >= 0.3 is 0 Å².